The first-order valence-electron chi connectivity index (χ1n) is 6.54. The van der Waals surface area contributed by atoms with Crippen LogP contribution in [-0.4, -0.2) is 50.4 Å². The number of nitrogens with zero attached hydrogens (tertiary/aromatic N) is 1. The molecule has 1 heterocycles. The minimum Gasteiger partial charge on any atom is -0.494 e. The van der Waals surface area contributed by atoms with Crippen molar-refractivity contribution in [3.63, 3.8) is 0 Å². The van der Waals surface area contributed by atoms with E-state index in [0.717, 1.165) is 25.3 Å². The van der Waals surface area contributed by atoms with Crippen LogP contribution >= 0.6 is 0 Å². The van der Waals surface area contributed by atoms with Gasteiger partial charge in [-0.1, -0.05) is 18.2 Å². The second-order valence-electron chi connectivity index (χ2n) is 4.72. The van der Waals surface area contributed by atoms with Crippen molar-refractivity contribution in [3.05, 3.63) is 30.3 Å². The molecule has 19 heavy (non-hydrogen) atoms. The van der Waals surface area contributed by atoms with Crippen LogP contribution in [0.3, 0.4) is 0 Å². The van der Waals surface area contributed by atoms with E-state index in [1.54, 1.807) is 0 Å². The maximum Gasteiger partial charge on any atom is 0.407 e. The van der Waals surface area contributed by atoms with Gasteiger partial charge in [0, 0.05) is 13.1 Å². The van der Waals surface area contributed by atoms with Crippen LogP contribution in [-0.2, 0) is 4.74 Å². The van der Waals surface area contributed by atoms with Crippen molar-refractivity contribution >= 4 is 6.09 Å². The van der Waals surface area contributed by atoms with Crippen LogP contribution in [0.25, 0.3) is 0 Å². The Hall–Kier alpha value is -1.75. The first-order chi connectivity index (χ1) is 9.24. The van der Waals surface area contributed by atoms with Crippen molar-refractivity contribution in [2.24, 2.45) is 0 Å². The zero-order valence-electron chi connectivity index (χ0n) is 11.2. The third-order valence-corrected chi connectivity index (χ3v) is 2.97. The van der Waals surface area contributed by atoms with Crippen molar-refractivity contribution in [1.29, 1.82) is 0 Å². The summed E-state index contributed by atoms with van der Waals surface area (Å²) >= 11 is 0. The second-order valence-corrected chi connectivity index (χ2v) is 4.72. The van der Waals surface area contributed by atoms with E-state index in [-0.39, 0.29) is 12.1 Å². The number of likely N-dealkylation sites (N-methyl/N-ethyl adjacent to an activating group) is 1. The predicted octanol–water partition coefficient (Wildman–Crippen LogP) is 1.50. The van der Waals surface area contributed by atoms with Crippen LogP contribution in [0.15, 0.2) is 30.3 Å². The topological polar surface area (TPSA) is 50.8 Å². The number of alkyl carbamates (subject to hydrolysis) is 1. The molecule has 0 radical (unpaired) electrons. The minimum atomic E-state index is -0.314. The Bertz CT molecular complexity index is 397. The lowest BCUT2D eigenvalue weighted by molar-refractivity contribution is 0.175. The van der Waals surface area contributed by atoms with E-state index >= 15 is 0 Å². The lowest BCUT2D eigenvalue weighted by Crippen LogP contribution is -2.38. The normalized spacial score (nSPS) is 18.2. The molecule has 0 bridgehead atoms. The van der Waals surface area contributed by atoms with E-state index in [4.69, 9.17) is 9.47 Å². The average Bonchev–Trinajstić information content (AvgIpc) is 2.81. The number of carbonyl (C=O) groups excluding carboxylic acids is 1. The zero-order valence-corrected chi connectivity index (χ0v) is 11.2. The smallest absolute Gasteiger partial charge is 0.407 e. The van der Waals surface area contributed by atoms with Crippen LogP contribution in [0.4, 0.5) is 4.79 Å². The van der Waals surface area contributed by atoms with Crippen molar-refractivity contribution in [2.45, 2.75) is 12.5 Å². The number of hydrogen-bond acceptors (Lipinski definition) is 4. The number of carbonyl (C=O) groups is 1. The molecule has 1 aromatic rings. The molecule has 0 spiro atoms. The van der Waals surface area contributed by atoms with Gasteiger partial charge in [0.25, 0.3) is 0 Å². The zero-order chi connectivity index (χ0) is 13.5. The fraction of sp³-hybridized carbons (Fsp3) is 0.500. The molecule has 1 aliphatic heterocycles. The van der Waals surface area contributed by atoms with Crippen LogP contribution < -0.4 is 10.1 Å². The highest BCUT2D eigenvalue weighted by atomic mass is 16.6. The standard InChI is InChI=1S/C14H20N2O3/c1-16(10-12-11-19-14(17)15-12)8-5-9-18-13-6-3-2-4-7-13/h2-4,6-7,12H,5,8-11H2,1H3,(H,15,17). The Morgan fingerprint density at radius 3 is 2.89 bits per heavy atom. The van der Waals surface area contributed by atoms with Crippen LogP contribution in [0, 0.1) is 0 Å². The molecule has 0 aromatic heterocycles. The third kappa shape index (κ3) is 4.79. The van der Waals surface area contributed by atoms with Crippen LogP contribution in [0.5, 0.6) is 5.75 Å². The van der Waals surface area contributed by atoms with E-state index in [1.165, 1.54) is 0 Å². The van der Waals surface area contributed by atoms with Gasteiger partial charge in [0.15, 0.2) is 0 Å². The van der Waals surface area contributed by atoms with Gasteiger partial charge < -0.3 is 19.7 Å². The highest BCUT2D eigenvalue weighted by Crippen LogP contribution is 2.08. The average molecular weight is 264 g/mol. The summed E-state index contributed by atoms with van der Waals surface area (Å²) in [6.45, 7) is 2.89. The molecular formula is C14H20N2O3. The Kier molecular flexibility index (Phi) is 5.03. The van der Waals surface area contributed by atoms with Gasteiger partial charge in [-0.2, -0.15) is 0 Å². The molecule has 5 nitrogen and oxygen atoms in total. The van der Waals surface area contributed by atoms with E-state index in [1.807, 2.05) is 37.4 Å². The fourth-order valence-corrected chi connectivity index (χ4v) is 2.03. The molecule has 1 aromatic carbocycles. The van der Waals surface area contributed by atoms with Crippen molar-refractivity contribution in [3.8, 4) is 5.75 Å². The lowest BCUT2D eigenvalue weighted by Gasteiger charge is -2.19. The second kappa shape index (κ2) is 6.99. The van der Waals surface area contributed by atoms with Gasteiger partial charge in [0.05, 0.1) is 12.6 Å². The minimum absolute atomic E-state index is 0.104. The molecule has 0 saturated carbocycles. The molecule has 1 amide bonds. The quantitative estimate of drug-likeness (QED) is 0.758. The Morgan fingerprint density at radius 1 is 1.42 bits per heavy atom. The summed E-state index contributed by atoms with van der Waals surface area (Å²) < 4.78 is 10.5. The van der Waals surface area contributed by atoms with E-state index < -0.39 is 0 Å². The highest BCUT2D eigenvalue weighted by Gasteiger charge is 2.22. The molecule has 2 rings (SSSR count). The van der Waals surface area contributed by atoms with Crippen molar-refractivity contribution < 1.29 is 14.3 Å². The van der Waals surface area contributed by atoms with Gasteiger partial charge in [0.2, 0.25) is 0 Å². The molecule has 104 valence electrons. The first-order valence-corrected chi connectivity index (χ1v) is 6.54. The van der Waals surface area contributed by atoms with Gasteiger partial charge in [-0.25, -0.2) is 4.79 Å². The summed E-state index contributed by atoms with van der Waals surface area (Å²) in [6, 6.07) is 9.91. The molecule has 0 aliphatic carbocycles. The first kappa shape index (κ1) is 13.7. The number of benzene rings is 1. The van der Waals surface area contributed by atoms with Gasteiger partial charge in [-0.3, -0.25) is 0 Å². The number of rotatable bonds is 7. The van der Waals surface area contributed by atoms with Gasteiger partial charge in [0.1, 0.15) is 12.4 Å². The molecule has 1 fully saturated rings. The molecule has 5 heteroatoms. The monoisotopic (exact) mass is 264 g/mol. The maximum atomic E-state index is 10.9. The predicted molar refractivity (Wildman–Crippen MR) is 72.3 cm³/mol. The van der Waals surface area contributed by atoms with Crippen LogP contribution in [0.1, 0.15) is 6.42 Å². The number of amides is 1. The fourth-order valence-electron chi connectivity index (χ4n) is 2.03. The maximum absolute atomic E-state index is 10.9. The number of hydrogen-bond donors (Lipinski definition) is 1. The number of ether oxygens (including phenoxy) is 2. The van der Waals surface area contributed by atoms with E-state index in [2.05, 4.69) is 10.2 Å². The van der Waals surface area contributed by atoms with E-state index in [9.17, 15) is 4.79 Å². The number of para-hydroxylation sites is 1. The largest absolute Gasteiger partial charge is 0.494 e. The highest BCUT2D eigenvalue weighted by molar-refractivity contribution is 5.69. The van der Waals surface area contributed by atoms with Crippen molar-refractivity contribution in [1.82, 2.24) is 10.2 Å². The van der Waals surface area contributed by atoms with Crippen LogP contribution in [0.2, 0.25) is 0 Å². The molecule has 1 unspecified atom stereocenters. The molecular weight excluding hydrogens is 244 g/mol. The number of cyclic esters (lactones) is 1. The summed E-state index contributed by atoms with van der Waals surface area (Å²) in [6.07, 6.45) is 0.637. The van der Waals surface area contributed by atoms with Gasteiger partial charge in [-0.05, 0) is 25.6 Å². The molecule has 1 aliphatic rings. The lowest BCUT2D eigenvalue weighted by atomic mass is 10.3. The summed E-state index contributed by atoms with van der Waals surface area (Å²) in [5.74, 6) is 0.904. The van der Waals surface area contributed by atoms with E-state index in [0.29, 0.717) is 13.2 Å². The molecule has 1 saturated heterocycles. The van der Waals surface area contributed by atoms with Gasteiger partial charge >= 0.3 is 6.09 Å². The Labute approximate surface area is 113 Å². The van der Waals surface area contributed by atoms with Crippen molar-refractivity contribution in [2.75, 3.05) is 33.4 Å². The Morgan fingerprint density at radius 2 is 2.21 bits per heavy atom. The summed E-state index contributed by atoms with van der Waals surface area (Å²) in [5.41, 5.74) is 0. The summed E-state index contributed by atoms with van der Waals surface area (Å²) in [5, 5.41) is 2.77. The summed E-state index contributed by atoms with van der Waals surface area (Å²) in [7, 11) is 2.03. The Balaban J connectivity index is 1.56. The summed E-state index contributed by atoms with van der Waals surface area (Å²) in [4.78, 5) is 13.1. The molecule has 1 atom stereocenters. The SMILES string of the molecule is CN(CCCOc1ccccc1)CC1COC(=O)N1. The molecule has 1 N–H and O–H groups in total. The van der Waals surface area contributed by atoms with Gasteiger partial charge in [-0.15, -0.1) is 0 Å². The third-order valence-electron chi connectivity index (χ3n) is 2.97. The number of nitrogens with one attached hydrogen (secondary N) is 1.